The number of benzene rings is 2. The molecule has 0 atom stereocenters. The molecule has 2 aromatic carbocycles. The molecule has 0 aliphatic heterocycles. The number of hydrogen-bond acceptors (Lipinski definition) is 1. The maximum absolute atomic E-state index is 13.0. The van der Waals surface area contributed by atoms with Crippen LogP contribution in [0, 0.1) is 0 Å². The molecule has 3 nitrogen and oxygen atoms in total. The molecule has 4 heteroatoms. The highest BCUT2D eigenvalue weighted by molar-refractivity contribution is 9.10. The lowest BCUT2D eigenvalue weighted by Gasteiger charge is -2.23. The molecule has 0 unspecified atom stereocenters. The van der Waals surface area contributed by atoms with Crippen LogP contribution in [0.3, 0.4) is 0 Å². The number of rotatable bonds is 6. The number of amides is 1. The summed E-state index contributed by atoms with van der Waals surface area (Å²) in [7, 11) is 0. The molecule has 1 aromatic heterocycles. The molecule has 0 bridgehead atoms. The van der Waals surface area contributed by atoms with Crippen LogP contribution >= 0.6 is 15.9 Å². The summed E-state index contributed by atoms with van der Waals surface area (Å²) in [5, 5.41) is 0. The Hall–Kier alpha value is -2.33. The topological polar surface area (TPSA) is 25.2 Å². The summed E-state index contributed by atoms with van der Waals surface area (Å²) in [4.78, 5) is 15.1. The predicted molar refractivity (Wildman–Crippen MR) is 107 cm³/mol. The predicted octanol–water partition coefficient (Wildman–Crippen LogP) is 5.10. The van der Waals surface area contributed by atoms with Crippen LogP contribution in [-0.2, 0) is 13.1 Å². The van der Waals surface area contributed by atoms with Crippen molar-refractivity contribution >= 4 is 21.8 Å². The van der Waals surface area contributed by atoms with E-state index in [0.717, 1.165) is 29.4 Å². The lowest BCUT2D eigenvalue weighted by Crippen LogP contribution is -2.33. The zero-order valence-corrected chi connectivity index (χ0v) is 16.1. The summed E-state index contributed by atoms with van der Waals surface area (Å²) in [5.74, 6) is 0.118. The second kappa shape index (κ2) is 7.50. The molecule has 1 aliphatic rings. The molecule has 1 amide bonds. The molecule has 26 heavy (non-hydrogen) atoms. The zero-order chi connectivity index (χ0) is 17.9. The highest BCUT2D eigenvalue weighted by Gasteiger charge is 2.33. The summed E-state index contributed by atoms with van der Waals surface area (Å²) < 4.78 is 3.23. The van der Waals surface area contributed by atoms with Crippen LogP contribution in [0.25, 0.3) is 0 Å². The number of hydrogen-bond donors (Lipinski definition) is 0. The fourth-order valence-corrected chi connectivity index (χ4v) is 3.48. The standard InChI is InChI=1S/C22H21BrN2O/c23-19-10-8-18(9-11-19)22(26)25(20-12-13-20)16-21-7-4-14-24(21)15-17-5-2-1-3-6-17/h1-11,14,20H,12-13,15-16H2. The van der Waals surface area contributed by atoms with Gasteiger partial charge in [-0.2, -0.15) is 0 Å². The average Bonchev–Trinajstić information content (AvgIpc) is 3.42. The van der Waals surface area contributed by atoms with Gasteiger partial charge in [0.15, 0.2) is 0 Å². The van der Waals surface area contributed by atoms with E-state index < -0.39 is 0 Å². The van der Waals surface area contributed by atoms with Gasteiger partial charge < -0.3 is 9.47 Å². The Morgan fingerprint density at radius 3 is 2.42 bits per heavy atom. The molecule has 0 radical (unpaired) electrons. The van der Waals surface area contributed by atoms with Gasteiger partial charge in [-0.1, -0.05) is 46.3 Å². The van der Waals surface area contributed by atoms with E-state index in [9.17, 15) is 4.79 Å². The third kappa shape index (κ3) is 3.91. The highest BCUT2D eigenvalue weighted by Crippen LogP contribution is 2.30. The quantitative estimate of drug-likeness (QED) is 0.556. The van der Waals surface area contributed by atoms with Crippen molar-refractivity contribution in [3.63, 3.8) is 0 Å². The Balaban J connectivity index is 1.54. The minimum Gasteiger partial charge on any atom is -0.345 e. The largest absolute Gasteiger partial charge is 0.345 e. The van der Waals surface area contributed by atoms with Crippen molar-refractivity contribution in [3.8, 4) is 0 Å². The van der Waals surface area contributed by atoms with Crippen molar-refractivity contribution in [3.05, 3.63) is 94.2 Å². The van der Waals surface area contributed by atoms with Gasteiger partial charge >= 0.3 is 0 Å². The zero-order valence-electron chi connectivity index (χ0n) is 14.5. The average molecular weight is 409 g/mol. The van der Waals surface area contributed by atoms with Gasteiger partial charge in [0.1, 0.15) is 0 Å². The summed E-state index contributed by atoms with van der Waals surface area (Å²) in [6.07, 6.45) is 4.29. The molecule has 132 valence electrons. The lowest BCUT2D eigenvalue weighted by molar-refractivity contribution is 0.0726. The number of nitrogens with zero attached hydrogens (tertiary/aromatic N) is 2. The fourth-order valence-electron chi connectivity index (χ4n) is 3.21. The smallest absolute Gasteiger partial charge is 0.254 e. The maximum atomic E-state index is 13.0. The van der Waals surface area contributed by atoms with Crippen molar-refractivity contribution in [2.24, 2.45) is 0 Å². The molecule has 1 aliphatic carbocycles. The summed E-state index contributed by atoms with van der Waals surface area (Å²) in [6.45, 7) is 1.48. The monoisotopic (exact) mass is 408 g/mol. The molecular formula is C22H21BrN2O. The van der Waals surface area contributed by atoms with Gasteiger partial charge in [0.05, 0.1) is 6.54 Å². The van der Waals surface area contributed by atoms with Gasteiger partial charge in [-0.05, 0) is 54.8 Å². The minimum atomic E-state index is 0.118. The second-order valence-corrected chi connectivity index (χ2v) is 7.70. The fraction of sp³-hybridized carbons (Fsp3) is 0.227. The van der Waals surface area contributed by atoms with Crippen LogP contribution in [0.2, 0.25) is 0 Å². The molecule has 0 N–H and O–H groups in total. The molecule has 1 saturated carbocycles. The molecule has 3 aromatic rings. The van der Waals surface area contributed by atoms with Gasteiger partial charge in [-0.15, -0.1) is 0 Å². The van der Waals surface area contributed by atoms with E-state index in [1.54, 1.807) is 0 Å². The Morgan fingerprint density at radius 1 is 1.00 bits per heavy atom. The van der Waals surface area contributed by atoms with Crippen molar-refractivity contribution in [2.75, 3.05) is 0 Å². The van der Waals surface area contributed by atoms with Crippen LogP contribution in [0.15, 0.2) is 77.4 Å². The minimum absolute atomic E-state index is 0.118. The number of aromatic nitrogens is 1. The first-order valence-electron chi connectivity index (χ1n) is 8.95. The van der Waals surface area contributed by atoms with Crippen molar-refractivity contribution in [1.82, 2.24) is 9.47 Å². The van der Waals surface area contributed by atoms with E-state index in [2.05, 4.69) is 63.1 Å². The maximum Gasteiger partial charge on any atom is 0.254 e. The van der Waals surface area contributed by atoms with E-state index in [-0.39, 0.29) is 5.91 Å². The van der Waals surface area contributed by atoms with Crippen LogP contribution in [0.5, 0.6) is 0 Å². The van der Waals surface area contributed by atoms with Gasteiger partial charge in [0.2, 0.25) is 0 Å². The summed E-state index contributed by atoms with van der Waals surface area (Å²) in [5.41, 5.74) is 3.19. The molecule has 4 rings (SSSR count). The molecule has 0 saturated heterocycles. The van der Waals surface area contributed by atoms with E-state index in [4.69, 9.17) is 0 Å². The number of carbonyl (C=O) groups excluding carboxylic acids is 1. The molecular weight excluding hydrogens is 388 g/mol. The first kappa shape index (κ1) is 17.1. The Labute approximate surface area is 162 Å². The van der Waals surface area contributed by atoms with E-state index in [0.29, 0.717) is 12.6 Å². The lowest BCUT2D eigenvalue weighted by atomic mass is 10.2. The van der Waals surface area contributed by atoms with Crippen LogP contribution in [0.4, 0.5) is 0 Å². The van der Waals surface area contributed by atoms with Gasteiger partial charge in [0.25, 0.3) is 5.91 Å². The van der Waals surface area contributed by atoms with Crippen molar-refractivity contribution in [2.45, 2.75) is 32.0 Å². The Morgan fingerprint density at radius 2 is 1.73 bits per heavy atom. The van der Waals surface area contributed by atoms with Crippen molar-refractivity contribution in [1.29, 1.82) is 0 Å². The van der Waals surface area contributed by atoms with E-state index in [1.165, 1.54) is 11.3 Å². The Kier molecular flexibility index (Phi) is 4.93. The first-order valence-corrected chi connectivity index (χ1v) is 9.74. The molecule has 1 heterocycles. The molecule has 1 fully saturated rings. The number of carbonyl (C=O) groups is 1. The van der Waals surface area contributed by atoms with E-state index in [1.807, 2.05) is 35.2 Å². The van der Waals surface area contributed by atoms with Crippen LogP contribution < -0.4 is 0 Å². The van der Waals surface area contributed by atoms with Gasteiger partial charge in [0, 0.05) is 34.5 Å². The van der Waals surface area contributed by atoms with Gasteiger partial charge in [-0.3, -0.25) is 4.79 Å². The normalized spacial score (nSPS) is 13.6. The second-order valence-electron chi connectivity index (χ2n) is 6.78. The highest BCUT2D eigenvalue weighted by atomic mass is 79.9. The number of halogens is 1. The van der Waals surface area contributed by atoms with Crippen molar-refractivity contribution < 1.29 is 4.79 Å². The SMILES string of the molecule is O=C(c1ccc(Br)cc1)N(Cc1cccn1Cc1ccccc1)C1CC1. The van der Waals surface area contributed by atoms with Crippen LogP contribution in [-0.4, -0.2) is 21.4 Å². The third-order valence-corrected chi connectivity index (χ3v) is 5.32. The third-order valence-electron chi connectivity index (χ3n) is 4.79. The molecule has 0 spiro atoms. The Bertz CT molecular complexity index is 882. The summed E-state index contributed by atoms with van der Waals surface area (Å²) >= 11 is 3.43. The summed E-state index contributed by atoms with van der Waals surface area (Å²) in [6, 6.07) is 22.6. The van der Waals surface area contributed by atoms with Crippen LogP contribution in [0.1, 0.15) is 34.5 Å². The van der Waals surface area contributed by atoms with E-state index >= 15 is 0 Å². The van der Waals surface area contributed by atoms with Gasteiger partial charge in [-0.25, -0.2) is 0 Å². The first-order chi connectivity index (χ1) is 12.7.